The SMILES string of the molecule is Cc1ccc(-c2cc(C(=O)N/N=C/c3ccc(O)c(O)c3)c3ccccc3n2)cc1. The Hall–Kier alpha value is -4.19. The average molecular weight is 397 g/mol. The molecule has 6 heteroatoms. The van der Waals surface area contributed by atoms with E-state index in [0.717, 1.165) is 16.5 Å². The van der Waals surface area contributed by atoms with Gasteiger partial charge in [-0.3, -0.25) is 4.79 Å². The number of carbonyl (C=O) groups excluding carboxylic acids is 1. The highest BCUT2D eigenvalue weighted by atomic mass is 16.3. The number of fused-ring (bicyclic) bond motifs is 1. The van der Waals surface area contributed by atoms with Crippen molar-refractivity contribution in [1.29, 1.82) is 0 Å². The number of hydrogen-bond donors (Lipinski definition) is 3. The smallest absolute Gasteiger partial charge is 0.272 e. The van der Waals surface area contributed by atoms with Gasteiger partial charge in [0.25, 0.3) is 5.91 Å². The Kier molecular flexibility index (Phi) is 5.13. The summed E-state index contributed by atoms with van der Waals surface area (Å²) in [5, 5.41) is 23.6. The number of pyridine rings is 1. The molecule has 0 saturated carbocycles. The van der Waals surface area contributed by atoms with Gasteiger partial charge >= 0.3 is 0 Å². The Morgan fingerprint density at radius 2 is 1.73 bits per heavy atom. The van der Waals surface area contributed by atoms with Gasteiger partial charge in [-0.15, -0.1) is 0 Å². The van der Waals surface area contributed by atoms with E-state index < -0.39 is 0 Å². The van der Waals surface area contributed by atoms with Crippen molar-refractivity contribution in [2.75, 3.05) is 0 Å². The van der Waals surface area contributed by atoms with Crippen molar-refractivity contribution in [2.24, 2.45) is 5.10 Å². The molecule has 1 heterocycles. The van der Waals surface area contributed by atoms with Crippen molar-refractivity contribution in [3.8, 4) is 22.8 Å². The molecule has 0 bridgehead atoms. The standard InChI is InChI=1S/C24H19N3O3/c1-15-6-9-17(10-7-15)21-13-19(18-4-2-3-5-20(18)26-21)24(30)27-25-14-16-8-11-22(28)23(29)12-16/h2-14,28-29H,1H3,(H,27,30)/b25-14+. The number of carbonyl (C=O) groups is 1. The number of phenols is 2. The zero-order valence-electron chi connectivity index (χ0n) is 16.2. The molecule has 0 fully saturated rings. The first-order chi connectivity index (χ1) is 14.5. The molecule has 3 aromatic carbocycles. The van der Waals surface area contributed by atoms with Crippen LogP contribution in [-0.4, -0.2) is 27.3 Å². The second kappa shape index (κ2) is 8.05. The fourth-order valence-electron chi connectivity index (χ4n) is 3.08. The lowest BCUT2D eigenvalue weighted by Crippen LogP contribution is -2.18. The predicted octanol–water partition coefficient (Wildman–Crippen LogP) is 4.39. The molecule has 0 radical (unpaired) electrons. The molecule has 1 aromatic heterocycles. The number of nitrogens with one attached hydrogen (secondary N) is 1. The first-order valence-electron chi connectivity index (χ1n) is 9.33. The van der Waals surface area contributed by atoms with Crippen molar-refractivity contribution >= 4 is 23.0 Å². The van der Waals surface area contributed by atoms with Gasteiger partial charge in [0.2, 0.25) is 0 Å². The largest absolute Gasteiger partial charge is 0.504 e. The van der Waals surface area contributed by atoms with Gasteiger partial charge in [-0.05, 0) is 42.8 Å². The number of amides is 1. The molecule has 4 aromatic rings. The first kappa shape index (κ1) is 19.1. The monoisotopic (exact) mass is 397 g/mol. The lowest BCUT2D eigenvalue weighted by atomic mass is 10.0. The van der Waals surface area contributed by atoms with Gasteiger partial charge in [0.05, 0.1) is 23.0 Å². The van der Waals surface area contributed by atoms with Crippen LogP contribution in [0.15, 0.2) is 77.9 Å². The summed E-state index contributed by atoms with van der Waals surface area (Å²) in [6.07, 6.45) is 1.39. The highest BCUT2D eigenvalue weighted by Crippen LogP contribution is 2.26. The fourth-order valence-corrected chi connectivity index (χ4v) is 3.08. The molecule has 4 rings (SSSR count). The van der Waals surface area contributed by atoms with Gasteiger partial charge in [0, 0.05) is 10.9 Å². The third-order valence-electron chi connectivity index (χ3n) is 4.69. The quantitative estimate of drug-likeness (QED) is 0.270. The summed E-state index contributed by atoms with van der Waals surface area (Å²) in [6.45, 7) is 2.02. The second-order valence-electron chi connectivity index (χ2n) is 6.89. The minimum atomic E-state index is -0.374. The maximum absolute atomic E-state index is 12.9. The first-order valence-corrected chi connectivity index (χ1v) is 9.33. The molecule has 6 nitrogen and oxygen atoms in total. The van der Waals surface area contributed by atoms with Crippen LogP contribution in [0.3, 0.4) is 0 Å². The van der Waals surface area contributed by atoms with Crippen LogP contribution >= 0.6 is 0 Å². The van der Waals surface area contributed by atoms with Crippen LogP contribution in [0.25, 0.3) is 22.2 Å². The number of hydrazone groups is 1. The highest BCUT2D eigenvalue weighted by molar-refractivity contribution is 6.07. The Balaban J connectivity index is 1.66. The molecule has 1 amide bonds. The Bertz CT molecular complexity index is 1260. The lowest BCUT2D eigenvalue weighted by Gasteiger charge is -2.09. The van der Waals surface area contributed by atoms with Gasteiger partial charge in [-0.2, -0.15) is 5.10 Å². The highest BCUT2D eigenvalue weighted by Gasteiger charge is 2.13. The average Bonchev–Trinajstić information content (AvgIpc) is 2.76. The fraction of sp³-hybridized carbons (Fsp3) is 0.0417. The molecule has 0 saturated heterocycles. The maximum atomic E-state index is 12.9. The van der Waals surface area contributed by atoms with Crippen LogP contribution < -0.4 is 5.43 Å². The molecule has 0 aliphatic rings. The summed E-state index contributed by atoms with van der Waals surface area (Å²) in [7, 11) is 0. The lowest BCUT2D eigenvalue weighted by molar-refractivity contribution is 0.0956. The number of para-hydroxylation sites is 1. The van der Waals surface area contributed by atoms with E-state index in [9.17, 15) is 15.0 Å². The second-order valence-corrected chi connectivity index (χ2v) is 6.89. The van der Waals surface area contributed by atoms with Crippen LogP contribution in [0, 0.1) is 6.92 Å². The van der Waals surface area contributed by atoms with E-state index in [1.807, 2.05) is 55.5 Å². The van der Waals surface area contributed by atoms with E-state index >= 15 is 0 Å². The maximum Gasteiger partial charge on any atom is 0.272 e. The van der Waals surface area contributed by atoms with Gasteiger partial charge in [-0.25, -0.2) is 10.4 Å². The van der Waals surface area contributed by atoms with Crippen molar-refractivity contribution in [2.45, 2.75) is 6.92 Å². The third-order valence-corrected chi connectivity index (χ3v) is 4.69. The van der Waals surface area contributed by atoms with E-state index in [1.54, 1.807) is 12.1 Å². The van der Waals surface area contributed by atoms with Crippen molar-refractivity contribution in [1.82, 2.24) is 10.4 Å². The number of phenolic OH excluding ortho intramolecular Hbond substituents is 2. The summed E-state index contributed by atoms with van der Waals surface area (Å²) in [4.78, 5) is 17.6. The molecule has 0 aliphatic heterocycles. The van der Waals surface area contributed by atoms with Crippen LogP contribution in [-0.2, 0) is 0 Å². The van der Waals surface area contributed by atoms with Crippen LogP contribution in [0.1, 0.15) is 21.5 Å². The molecule has 148 valence electrons. The van der Waals surface area contributed by atoms with Crippen LogP contribution in [0.5, 0.6) is 11.5 Å². The van der Waals surface area contributed by atoms with Gasteiger partial charge in [0.1, 0.15) is 0 Å². The van der Waals surface area contributed by atoms with Crippen molar-refractivity contribution in [3.63, 3.8) is 0 Å². The predicted molar refractivity (Wildman–Crippen MR) is 117 cm³/mol. The zero-order chi connectivity index (χ0) is 21.1. The van der Waals surface area contributed by atoms with E-state index in [1.165, 1.54) is 18.3 Å². The number of aromatic hydroxyl groups is 2. The summed E-state index contributed by atoms with van der Waals surface area (Å²) in [5.74, 6) is -0.850. The van der Waals surface area contributed by atoms with E-state index in [2.05, 4.69) is 10.5 Å². The van der Waals surface area contributed by atoms with E-state index in [-0.39, 0.29) is 17.4 Å². The Morgan fingerprint density at radius 1 is 0.967 bits per heavy atom. The normalized spacial score (nSPS) is 11.1. The molecular weight excluding hydrogens is 378 g/mol. The third kappa shape index (κ3) is 3.98. The van der Waals surface area contributed by atoms with Gasteiger partial charge in [0.15, 0.2) is 11.5 Å². The van der Waals surface area contributed by atoms with Crippen LogP contribution in [0.2, 0.25) is 0 Å². The molecule has 3 N–H and O–H groups in total. The van der Waals surface area contributed by atoms with Gasteiger partial charge < -0.3 is 10.2 Å². The summed E-state index contributed by atoms with van der Waals surface area (Å²) < 4.78 is 0. The minimum Gasteiger partial charge on any atom is -0.504 e. The molecule has 0 atom stereocenters. The number of rotatable bonds is 4. The van der Waals surface area contributed by atoms with Crippen LogP contribution in [0.4, 0.5) is 0 Å². The zero-order valence-corrected chi connectivity index (χ0v) is 16.2. The number of nitrogens with zero attached hydrogens (tertiary/aromatic N) is 2. The summed E-state index contributed by atoms with van der Waals surface area (Å²) in [6, 6.07) is 21.4. The summed E-state index contributed by atoms with van der Waals surface area (Å²) >= 11 is 0. The Morgan fingerprint density at radius 3 is 2.50 bits per heavy atom. The molecular formula is C24H19N3O3. The minimum absolute atomic E-state index is 0.219. The van der Waals surface area contributed by atoms with Crippen molar-refractivity contribution < 1.29 is 15.0 Å². The Labute approximate surface area is 173 Å². The topological polar surface area (TPSA) is 94.8 Å². The van der Waals surface area contributed by atoms with E-state index in [0.29, 0.717) is 22.3 Å². The molecule has 30 heavy (non-hydrogen) atoms. The molecule has 0 spiro atoms. The number of aromatic nitrogens is 1. The number of hydrogen-bond acceptors (Lipinski definition) is 5. The molecule has 0 aliphatic carbocycles. The number of benzene rings is 3. The van der Waals surface area contributed by atoms with Crippen molar-refractivity contribution in [3.05, 3.63) is 89.5 Å². The van der Waals surface area contributed by atoms with E-state index in [4.69, 9.17) is 4.98 Å². The number of aryl methyl sites for hydroxylation is 1. The molecule has 0 unspecified atom stereocenters. The van der Waals surface area contributed by atoms with Gasteiger partial charge in [-0.1, -0.05) is 48.0 Å². The summed E-state index contributed by atoms with van der Waals surface area (Å²) in [5.41, 5.74) is 6.99.